The van der Waals surface area contributed by atoms with Gasteiger partial charge in [0.05, 0.1) is 5.69 Å². The number of rotatable bonds is 1. The number of anilines is 1. The molecule has 0 spiro atoms. The predicted molar refractivity (Wildman–Crippen MR) is 54.6 cm³/mol. The molecule has 2 heterocycles. The van der Waals surface area contributed by atoms with Crippen molar-refractivity contribution < 1.29 is 9.59 Å². The van der Waals surface area contributed by atoms with Crippen molar-refractivity contribution in [2.45, 2.75) is 13.3 Å². The molecule has 1 fully saturated rings. The van der Waals surface area contributed by atoms with Gasteiger partial charge in [-0.3, -0.25) is 15.0 Å². The van der Waals surface area contributed by atoms with Crippen molar-refractivity contribution in [3.05, 3.63) is 16.3 Å². The molecule has 1 aromatic heterocycles. The fraction of sp³-hybridized carbons (Fsp3) is 0.333. The highest BCUT2D eigenvalue weighted by molar-refractivity contribution is 7.08. The Morgan fingerprint density at radius 3 is 2.79 bits per heavy atom. The van der Waals surface area contributed by atoms with Gasteiger partial charge in [-0.1, -0.05) is 0 Å². The standard InChI is InChI=1S/C9H10N2O2S/c1-6-4-14-5-7(6)11-3-2-8(12)10-9(11)13/h4-5H,2-3H2,1H3,(H,10,12,13). The fourth-order valence-electron chi connectivity index (χ4n) is 1.42. The first kappa shape index (κ1) is 9.21. The van der Waals surface area contributed by atoms with E-state index in [2.05, 4.69) is 5.32 Å². The van der Waals surface area contributed by atoms with Crippen LogP contribution in [0, 0.1) is 6.92 Å². The molecular weight excluding hydrogens is 200 g/mol. The van der Waals surface area contributed by atoms with Crippen molar-refractivity contribution in [2.24, 2.45) is 0 Å². The van der Waals surface area contributed by atoms with Gasteiger partial charge in [0.2, 0.25) is 5.91 Å². The number of aryl methyl sites for hydroxylation is 1. The largest absolute Gasteiger partial charge is 0.328 e. The van der Waals surface area contributed by atoms with Gasteiger partial charge < -0.3 is 0 Å². The monoisotopic (exact) mass is 210 g/mol. The lowest BCUT2D eigenvalue weighted by Gasteiger charge is -2.26. The van der Waals surface area contributed by atoms with E-state index in [0.717, 1.165) is 11.3 Å². The molecule has 5 heteroatoms. The van der Waals surface area contributed by atoms with Gasteiger partial charge in [-0.15, -0.1) is 11.3 Å². The highest BCUT2D eigenvalue weighted by atomic mass is 32.1. The van der Waals surface area contributed by atoms with E-state index >= 15 is 0 Å². The molecule has 0 unspecified atom stereocenters. The Balaban J connectivity index is 2.24. The quantitative estimate of drug-likeness (QED) is 0.763. The van der Waals surface area contributed by atoms with Gasteiger partial charge in [0.25, 0.3) is 0 Å². The minimum absolute atomic E-state index is 0.195. The summed E-state index contributed by atoms with van der Waals surface area (Å²) in [5, 5.41) is 6.20. The average Bonchev–Trinajstić information content (AvgIpc) is 2.52. The van der Waals surface area contributed by atoms with E-state index in [9.17, 15) is 9.59 Å². The Morgan fingerprint density at radius 1 is 1.43 bits per heavy atom. The maximum Gasteiger partial charge on any atom is 0.328 e. The maximum atomic E-state index is 11.5. The number of imide groups is 1. The van der Waals surface area contributed by atoms with E-state index < -0.39 is 0 Å². The number of amides is 3. The number of nitrogens with zero attached hydrogens (tertiary/aromatic N) is 1. The first-order valence-electron chi connectivity index (χ1n) is 4.32. The Hall–Kier alpha value is -1.36. The summed E-state index contributed by atoms with van der Waals surface area (Å²) >= 11 is 1.56. The van der Waals surface area contributed by atoms with Crippen LogP contribution in [0.5, 0.6) is 0 Å². The summed E-state index contributed by atoms with van der Waals surface area (Å²) in [5.74, 6) is -0.195. The molecular formula is C9H10N2O2S. The van der Waals surface area contributed by atoms with E-state index in [1.165, 1.54) is 0 Å². The number of carbonyl (C=O) groups is 2. The molecule has 1 aliphatic rings. The van der Waals surface area contributed by atoms with Crippen LogP contribution < -0.4 is 10.2 Å². The summed E-state index contributed by atoms with van der Waals surface area (Å²) in [4.78, 5) is 24.0. The molecule has 0 bridgehead atoms. The lowest BCUT2D eigenvalue weighted by molar-refractivity contribution is -0.120. The minimum atomic E-state index is -0.317. The molecule has 2 rings (SSSR count). The van der Waals surface area contributed by atoms with Gasteiger partial charge in [0.1, 0.15) is 0 Å². The summed E-state index contributed by atoms with van der Waals surface area (Å²) in [5.41, 5.74) is 1.97. The van der Waals surface area contributed by atoms with E-state index in [1.54, 1.807) is 16.2 Å². The van der Waals surface area contributed by atoms with E-state index in [-0.39, 0.29) is 11.9 Å². The van der Waals surface area contributed by atoms with Gasteiger partial charge in [0.15, 0.2) is 0 Å². The number of nitrogens with one attached hydrogen (secondary N) is 1. The van der Waals surface area contributed by atoms with Crippen LogP contribution in [-0.2, 0) is 4.79 Å². The average molecular weight is 210 g/mol. The maximum absolute atomic E-state index is 11.5. The molecule has 0 aromatic carbocycles. The molecule has 0 aliphatic carbocycles. The van der Waals surface area contributed by atoms with E-state index in [4.69, 9.17) is 0 Å². The van der Waals surface area contributed by atoms with Crippen LogP contribution in [0.1, 0.15) is 12.0 Å². The molecule has 1 aliphatic heterocycles. The first-order chi connectivity index (χ1) is 6.68. The molecule has 0 atom stereocenters. The van der Waals surface area contributed by atoms with Gasteiger partial charge in [-0.05, 0) is 17.9 Å². The van der Waals surface area contributed by atoms with Crippen LogP contribution in [-0.4, -0.2) is 18.5 Å². The summed E-state index contributed by atoms with van der Waals surface area (Å²) in [6, 6.07) is -0.317. The third-order valence-corrected chi connectivity index (χ3v) is 3.02. The lowest BCUT2D eigenvalue weighted by atomic mass is 10.2. The number of urea groups is 1. The summed E-state index contributed by atoms with van der Waals surface area (Å²) < 4.78 is 0. The number of carbonyl (C=O) groups excluding carboxylic acids is 2. The molecule has 74 valence electrons. The molecule has 0 radical (unpaired) electrons. The number of thiophene rings is 1. The molecule has 0 saturated carbocycles. The van der Waals surface area contributed by atoms with Crippen LogP contribution in [0.25, 0.3) is 0 Å². The highest BCUT2D eigenvalue weighted by Gasteiger charge is 2.25. The minimum Gasteiger partial charge on any atom is -0.293 e. The van der Waals surface area contributed by atoms with Crippen LogP contribution in [0.2, 0.25) is 0 Å². The number of hydrogen-bond donors (Lipinski definition) is 1. The van der Waals surface area contributed by atoms with E-state index in [1.807, 2.05) is 17.7 Å². The van der Waals surface area contributed by atoms with Gasteiger partial charge >= 0.3 is 6.03 Å². The third kappa shape index (κ3) is 1.50. The Morgan fingerprint density at radius 2 is 2.21 bits per heavy atom. The molecule has 3 amide bonds. The van der Waals surface area contributed by atoms with Gasteiger partial charge in [-0.2, -0.15) is 0 Å². The zero-order valence-electron chi connectivity index (χ0n) is 7.74. The van der Waals surface area contributed by atoms with Crippen LogP contribution in [0.15, 0.2) is 10.8 Å². The van der Waals surface area contributed by atoms with Crippen molar-refractivity contribution in [2.75, 3.05) is 11.4 Å². The fourth-order valence-corrected chi connectivity index (χ4v) is 2.26. The van der Waals surface area contributed by atoms with Crippen molar-refractivity contribution >= 4 is 29.0 Å². The van der Waals surface area contributed by atoms with Crippen molar-refractivity contribution in [3.63, 3.8) is 0 Å². The lowest BCUT2D eigenvalue weighted by Crippen LogP contribution is -2.49. The third-order valence-electron chi connectivity index (χ3n) is 2.17. The summed E-state index contributed by atoms with van der Waals surface area (Å²) in [6.45, 7) is 2.43. The van der Waals surface area contributed by atoms with Gasteiger partial charge in [-0.25, -0.2) is 4.79 Å². The smallest absolute Gasteiger partial charge is 0.293 e. The molecule has 14 heavy (non-hydrogen) atoms. The normalized spacial score (nSPS) is 17.1. The molecule has 1 aromatic rings. The van der Waals surface area contributed by atoms with Crippen molar-refractivity contribution in [1.82, 2.24) is 5.32 Å². The number of hydrogen-bond acceptors (Lipinski definition) is 3. The topological polar surface area (TPSA) is 49.4 Å². The zero-order valence-corrected chi connectivity index (χ0v) is 8.56. The SMILES string of the molecule is Cc1cscc1N1CCC(=O)NC1=O. The first-order valence-corrected chi connectivity index (χ1v) is 5.27. The van der Waals surface area contributed by atoms with Crippen LogP contribution in [0.4, 0.5) is 10.5 Å². The van der Waals surface area contributed by atoms with E-state index in [0.29, 0.717) is 13.0 Å². The molecule has 1 saturated heterocycles. The van der Waals surface area contributed by atoms with Crippen LogP contribution >= 0.6 is 11.3 Å². The predicted octanol–water partition coefficient (Wildman–Crippen LogP) is 1.50. The second kappa shape index (κ2) is 3.42. The molecule has 1 N–H and O–H groups in total. The second-order valence-corrected chi connectivity index (χ2v) is 3.94. The summed E-state index contributed by atoms with van der Waals surface area (Å²) in [6.07, 6.45) is 0.376. The Labute approximate surface area is 85.5 Å². The second-order valence-electron chi connectivity index (χ2n) is 3.20. The van der Waals surface area contributed by atoms with Crippen molar-refractivity contribution in [1.29, 1.82) is 0 Å². The Bertz CT molecular complexity index is 386. The Kier molecular flexibility index (Phi) is 2.25. The van der Waals surface area contributed by atoms with Crippen molar-refractivity contribution in [3.8, 4) is 0 Å². The molecule has 4 nitrogen and oxygen atoms in total. The van der Waals surface area contributed by atoms with Gasteiger partial charge in [0, 0.05) is 18.3 Å². The van der Waals surface area contributed by atoms with Crippen LogP contribution in [0.3, 0.4) is 0 Å². The zero-order chi connectivity index (χ0) is 10.1. The highest BCUT2D eigenvalue weighted by Crippen LogP contribution is 2.25. The summed E-state index contributed by atoms with van der Waals surface area (Å²) in [7, 11) is 0.